The van der Waals surface area contributed by atoms with Crippen molar-refractivity contribution >= 4 is 97.0 Å². The Balaban J connectivity index is 1.78. The fraction of sp³-hybridized carbons (Fsp3) is 0. The predicted octanol–water partition coefficient (Wildman–Crippen LogP) is 9.82. The SMILES string of the molecule is c1ccc2c(c1)c1ccc3ccc4ccc5c6cccc7ccc8cc2c2c1c3c4c5c2c8c76. The third-order valence-electron chi connectivity index (χ3n) is 8.61. The number of hydrogen-bond donors (Lipinski definition) is 0. The molecule has 10 aromatic carbocycles. The lowest BCUT2D eigenvalue weighted by Gasteiger charge is -2.24. The van der Waals surface area contributed by atoms with Crippen molar-refractivity contribution in [2.45, 2.75) is 0 Å². The van der Waals surface area contributed by atoms with Gasteiger partial charge in [0.05, 0.1) is 0 Å². The summed E-state index contributed by atoms with van der Waals surface area (Å²) in [4.78, 5) is 0. The van der Waals surface area contributed by atoms with Crippen molar-refractivity contribution in [3.8, 4) is 0 Å². The maximum absolute atomic E-state index is 2.46. The number of benzene rings is 10. The zero-order valence-electron chi connectivity index (χ0n) is 18.2. The first-order chi connectivity index (χ1) is 16.9. The average Bonchev–Trinajstić information content (AvgIpc) is 2.90. The number of fused-ring (bicyclic) bond motifs is 4. The Labute approximate surface area is 193 Å². The molecule has 0 aliphatic carbocycles. The fourth-order valence-corrected chi connectivity index (χ4v) is 7.37. The molecule has 0 amide bonds. The molecule has 0 radical (unpaired) electrons. The van der Waals surface area contributed by atoms with Crippen LogP contribution < -0.4 is 0 Å². The molecule has 10 rings (SSSR count). The van der Waals surface area contributed by atoms with Crippen LogP contribution in [0.2, 0.25) is 0 Å². The van der Waals surface area contributed by atoms with Crippen molar-refractivity contribution in [2.75, 3.05) is 0 Å². The van der Waals surface area contributed by atoms with Crippen LogP contribution in [0.5, 0.6) is 0 Å². The molecule has 0 bridgehead atoms. The normalized spacial score (nSPS) is 13.3. The van der Waals surface area contributed by atoms with Crippen LogP contribution >= 0.6 is 0 Å². The maximum Gasteiger partial charge on any atom is -0.0000929 e. The Morgan fingerprint density at radius 2 is 0.706 bits per heavy atom. The number of rotatable bonds is 0. The third-order valence-corrected chi connectivity index (χ3v) is 8.61. The fourth-order valence-electron chi connectivity index (χ4n) is 7.37. The smallest absolute Gasteiger partial charge is 0.0000929 e. The minimum Gasteiger partial charge on any atom is -0.0616 e. The highest BCUT2D eigenvalue weighted by atomic mass is 14.3. The van der Waals surface area contributed by atoms with Crippen LogP contribution in [-0.2, 0) is 0 Å². The molecule has 34 heavy (non-hydrogen) atoms. The van der Waals surface area contributed by atoms with Gasteiger partial charge in [0.25, 0.3) is 0 Å². The summed E-state index contributed by atoms with van der Waals surface area (Å²) in [5.74, 6) is 0. The Bertz CT molecular complexity index is 2420. The predicted molar refractivity (Wildman–Crippen MR) is 149 cm³/mol. The molecular formula is C34H16. The van der Waals surface area contributed by atoms with E-state index in [4.69, 9.17) is 0 Å². The van der Waals surface area contributed by atoms with Crippen LogP contribution in [0.3, 0.4) is 0 Å². The largest absolute Gasteiger partial charge is 0.0616 e. The van der Waals surface area contributed by atoms with Crippen LogP contribution in [0.25, 0.3) is 97.0 Å². The van der Waals surface area contributed by atoms with Crippen molar-refractivity contribution in [1.82, 2.24) is 0 Å². The van der Waals surface area contributed by atoms with Gasteiger partial charge in [-0.05, 0) is 103 Å². The first-order valence-corrected chi connectivity index (χ1v) is 12.0. The lowest BCUT2D eigenvalue weighted by Crippen LogP contribution is -1.96. The highest BCUT2D eigenvalue weighted by Gasteiger charge is 2.25. The monoisotopic (exact) mass is 424 g/mol. The van der Waals surface area contributed by atoms with Gasteiger partial charge < -0.3 is 0 Å². The molecule has 0 saturated heterocycles. The van der Waals surface area contributed by atoms with E-state index in [1.165, 1.54) is 97.0 Å². The Morgan fingerprint density at radius 3 is 1.47 bits per heavy atom. The van der Waals surface area contributed by atoms with Crippen molar-refractivity contribution in [1.29, 1.82) is 0 Å². The van der Waals surface area contributed by atoms with Crippen molar-refractivity contribution < 1.29 is 0 Å². The van der Waals surface area contributed by atoms with Gasteiger partial charge in [-0.25, -0.2) is 0 Å². The van der Waals surface area contributed by atoms with Crippen LogP contribution in [0, 0.1) is 0 Å². The molecule has 152 valence electrons. The summed E-state index contributed by atoms with van der Waals surface area (Å²) in [6, 6.07) is 36.9. The molecule has 0 nitrogen and oxygen atoms in total. The van der Waals surface area contributed by atoms with Crippen molar-refractivity contribution in [2.24, 2.45) is 0 Å². The second kappa shape index (κ2) is 5.05. The zero-order valence-corrected chi connectivity index (χ0v) is 18.2. The highest BCUT2D eigenvalue weighted by molar-refractivity contribution is 6.52. The molecule has 0 spiro atoms. The second-order valence-corrected chi connectivity index (χ2v) is 10.0. The molecule has 0 saturated carbocycles. The third kappa shape index (κ3) is 1.54. The van der Waals surface area contributed by atoms with Gasteiger partial charge in [-0.1, -0.05) is 91.0 Å². The highest BCUT2D eigenvalue weighted by Crippen LogP contribution is 2.54. The molecule has 0 fully saturated rings. The van der Waals surface area contributed by atoms with E-state index in [9.17, 15) is 0 Å². The lowest BCUT2D eigenvalue weighted by molar-refractivity contribution is 1.80. The molecule has 0 N–H and O–H groups in total. The van der Waals surface area contributed by atoms with E-state index in [1.54, 1.807) is 0 Å². The Kier molecular flexibility index (Phi) is 2.41. The summed E-state index contributed by atoms with van der Waals surface area (Å²) in [7, 11) is 0. The minimum atomic E-state index is 1.33. The first-order valence-electron chi connectivity index (χ1n) is 12.0. The Hall–Kier alpha value is -4.42. The van der Waals surface area contributed by atoms with Gasteiger partial charge in [0.15, 0.2) is 0 Å². The van der Waals surface area contributed by atoms with E-state index in [2.05, 4.69) is 97.1 Å². The van der Waals surface area contributed by atoms with Crippen LogP contribution in [-0.4, -0.2) is 0 Å². The summed E-state index contributed by atoms with van der Waals surface area (Å²) in [6.07, 6.45) is 0. The summed E-state index contributed by atoms with van der Waals surface area (Å²) in [5.41, 5.74) is 0. The molecule has 0 heterocycles. The van der Waals surface area contributed by atoms with Crippen LogP contribution in [0.1, 0.15) is 0 Å². The molecule has 0 aliphatic heterocycles. The van der Waals surface area contributed by atoms with Crippen LogP contribution in [0.15, 0.2) is 97.1 Å². The molecule has 0 unspecified atom stereocenters. The summed E-state index contributed by atoms with van der Waals surface area (Å²) >= 11 is 0. The number of hydrogen-bond acceptors (Lipinski definition) is 0. The molecule has 0 atom stereocenters. The molecule has 0 heteroatoms. The van der Waals surface area contributed by atoms with E-state index in [-0.39, 0.29) is 0 Å². The van der Waals surface area contributed by atoms with E-state index in [0.29, 0.717) is 0 Å². The topological polar surface area (TPSA) is 0 Å². The summed E-state index contributed by atoms with van der Waals surface area (Å²) in [5, 5.41) is 25.1. The van der Waals surface area contributed by atoms with Crippen LogP contribution in [0.4, 0.5) is 0 Å². The van der Waals surface area contributed by atoms with Gasteiger partial charge >= 0.3 is 0 Å². The Morgan fingerprint density at radius 1 is 0.235 bits per heavy atom. The average molecular weight is 425 g/mol. The first kappa shape index (κ1) is 16.2. The van der Waals surface area contributed by atoms with Gasteiger partial charge in [-0.15, -0.1) is 0 Å². The molecule has 0 aromatic heterocycles. The molecule has 10 aromatic rings. The summed E-state index contributed by atoms with van der Waals surface area (Å²) < 4.78 is 0. The van der Waals surface area contributed by atoms with Gasteiger partial charge in [0, 0.05) is 0 Å². The molecule has 0 aliphatic rings. The van der Waals surface area contributed by atoms with Crippen molar-refractivity contribution in [3.05, 3.63) is 97.1 Å². The van der Waals surface area contributed by atoms with Gasteiger partial charge in [0.1, 0.15) is 0 Å². The maximum atomic E-state index is 2.46. The van der Waals surface area contributed by atoms with Gasteiger partial charge in [-0.3, -0.25) is 0 Å². The minimum absolute atomic E-state index is 1.33. The lowest BCUT2D eigenvalue weighted by atomic mass is 9.78. The van der Waals surface area contributed by atoms with E-state index in [0.717, 1.165) is 0 Å². The standard InChI is InChI=1S/C34H16/c1-2-6-22-21(5-1)24-14-12-18-8-9-19-13-15-25-23-7-3-4-17-10-11-20-16-26(22)33-31(24)28(18)29(19)32(25)34(33)30(20)27(17)23/h1-16H. The summed E-state index contributed by atoms with van der Waals surface area (Å²) in [6.45, 7) is 0. The van der Waals surface area contributed by atoms with E-state index >= 15 is 0 Å². The van der Waals surface area contributed by atoms with Crippen molar-refractivity contribution in [3.63, 3.8) is 0 Å². The quantitative estimate of drug-likeness (QED) is 0.168. The van der Waals surface area contributed by atoms with E-state index in [1.807, 2.05) is 0 Å². The zero-order chi connectivity index (χ0) is 21.7. The van der Waals surface area contributed by atoms with Gasteiger partial charge in [-0.2, -0.15) is 0 Å². The second-order valence-electron chi connectivity index (χ2n) is 10.0. The molecular weight excluding hydrogens is 408 g/mol. The van der Waals surface area contributed by atoms with Gasteiger partial charge in [0.2, 0.25) is 0 Å². The van der Waals surface area contributed by atoms with E-state index < -0.39 is 0 Å².